The summed E-state index contributed by atoms with van der Waals surface area (Å²) in [5.74, 6) is -0.0460. The summed E-state index contributed by atoms with van der Waals surface area (Å²) in [6, 6.07) is 5.35. The highest BCUT2D eigenvalue weighted by atomic mass is 16.1. The molecule has 2 rings (SSSR count). The van der Waals surface area contributed by atoms with E-state index in [1.165, 1.54) is 13.1 Å². The van der Waals surface area contributed by atoms with Crippen molar-refractivity contribution >= 4 is 29.1 Å². The van der Waals surface area contributed by atoms with Gasteiger partial charge in [0, 0.05) is 11.9 Å². The maximum atomic E-state index is 11.9. The van der Waals surface area contributed by atoms with Gasteiger partial charge in [-0.1, -0.05) is 31.5 Å². The smallest absolute Gasteiger partial charge is 0.240 e. The lowest BCUT2D eigenvalue weighted by molar-refractivity contribution is -0.119. The minimum Gasteiger partial charge on any atom is -0.368 e. The Kier molecular flexibility index (Phi) is 5.92. The molecule has 0 aliphatic rings. The van der Waals surface area contributed by atoms with Crippen molar-refractivity contribution in [1.82, 2.24) is 9.97 Å². The number of rotatable bonds is 7. The van der Waals surface area contributed by atoms with Gasteiger partial charge >= 0.3 is 0 Å². The van der Waals surface area contributed by atoms with Gasteiger partial charge in [0.2, 0.25) is 11.9 Å². The molecule has 138 valence electrons. The molecule has 1 aromatic carbocycles. The van der Waals surface area contributed by atoms with Crippen molar-refractivity contribution in [3.05, 3.63) is 41.1 Å². The maximum absolute atomic E-state index is 11.9. The van der Waals surface area contributed by atoms with Gasteiger partial charge in [-0.15, -0.1) is 0 Å². The lowest BCUT2D eigenvalue weighted by Crippen LogP contribution is -2.40. The SMILES string of the molecule is CC(=O)c1cnc(NC(C(N)=O)C(C)C)nc1Nc1ccc(C)cc1C. The quantitative estimate of drug-likeness (QED) is 0.659. The Labute approximate surface area is 153 Å². The van der Waals surface area contributed by atoms with Crippen LogP contribution in [0.15, 0.2) is 24.4 Å². The summed E-state index contributed by atoms with van der Waals surface area (Å²) in [4.78, 5) is 32.1. The second-order valence-corrected chi connectivity index (χ2v) is 6.72. The number of Topliss-reactive ketones (excluding diaryl/α,β-unsaturated/α-hetero) is 1. The number of nitrogens with zero attached hydrogens (tertiary/aromatic N) is 2. The van der Waals surface area contributed by atoms with Gasteiger partial charge in [0.25, 0.3) is 0 Å². The second kappa shape index (κ2) is 7.95. The van der Waals surface area contributed by atoms with Gasteiger partial charge in [-0.05, 0) is 38.3 Å². The molecule has 1 aromatic heterocycles. The van der Waals surface area contributed by atoms with Gasteiger partial charge in [0.1, 0.15) is 11.9 Å². The van der Waals surface area contributed by atoms with Crippen molar-refractivity contribution in [2.24, 2.45) is 11.7 Å². The Morgan fingerprint density at radius 1 is 1.19 bits per heavy atom. The highest BCUT2D eigenvalue weighted by Crippen LogP contribution is 2.24. The van der Waals surface area contributed by atoms with E-state index < -0.39 is 11.9 Å². The first-order chi connectivity index (χ1) is 12.2. The zero-order valence-corrected chi connectivity index (χ0v) is 15.8. The molecular weight excluding hydrogens is 330 g/mol. The molecule has 7 nitrogen and oxygen atoms in total. The van der Waals surface area contributed by atoms with Crippen molar-refractivity contribution in [2.45, 2.75) is 40.7 Å². The van der Waals surface area contributed by atoms with E-state index >= 15 is 0 Å². The average molecular weight is 355 g/mol. The van der Waals surface area contributed by atoms with Crippen LogP contribution in [-0.2, 0) is 4.79 Å². The maximum Gasteiger partial charge on any atom is 0.240 e. The van der Waals surface area contributed by atoms with Crippen LogP contribution in [0.5, 0.6) is 0 Å². The molecule has 4 N–H and O–H groups in total. The van der Waals surface area contributed by atoms with Gasteiger partial charge in [0.15, 0.2) is 5.78 Å². The highest BCUT2D eigenvalue weighted by molar-refractivity contribution is 5.99. The van der Waals surface area contributed by atoms with Crippen LogP contribution in [0.3, 0.4) is 0 Å². The fourth-order valence-corrected chi connectivity index (χ4v) is 2.59. The number of carbonyl (C=O) groups excluding carboxylic acids is 2. The molecule has 0 radical (unpaired) electrons. The molecule has 0 spiro atoms. The average Bonchev–Trinajstić information content (AvgIpc) is 2.54. The van der Waals surface area contributed by atoms with Crippen LogP contribution in [0.25, 0.3) is 0 Å². The number of aryl methyl sites for hydroxylation is 2. The van der Waals surface area contributed by atoms with Crippen LogP contribution in [0.4, 0.5) is 17.5 Å². The van der Waals surface area contributed by atoms with Gasteiger partial charge in [0.05, 0.1) is 5.56 Å². The lowest BCUT2D eigenvalue weighted by atomic mass is 10.0. The number of hydrogen-bond donors (Lipinski definition) is 3. The Morgan fingerprint density at radius 2 is 1.88 bits per heavy atom. The number of nitrogens with one attached hydrogen (secondary N) is 2. The van der Waals surface area contributed by atoms with Gasteiger partial charge < -0.3 is 16.4 Å². The van der Waals surface area contributed by atoms with E-state index in [2.05, 4.69) is 20.6 Å². The molecular formula is C19H25N5O2. The summed E-state index contributed by atoms with van der Waals surface area (Å²) >= 11 is 0. The van der Waals surface area contributed by atoms with E-state index in [0.29, 0.717) is 11.4 Å². The van der Waals surface area contributed by atoms with Gasteiger partial charge in [-0.2, -0.15) is 4.98 Å². The molecule has 2 aromatic rings. The van der Waals surface area contributed by atoms with E-state index in [1.807, 2.05) is 45.9 Å². The topological polar surface area (TPSA) is 110 Å². The summed E-state index contributed by atoms with van der Waals surface area (Å²) in [6.07, 6.45) is 1.45. The zero-order valence-electron chi connectivity index (χ0n) is 15.8. The van der Waals surface area contributed by atoms with Crippen LogP contribution in [0.2, 0.25) is 0 Å². The third-order valence-corrected chi connectivity index (χ3v) is 4.06. The first kappa shape index (κ1) is 19.4. The summed E-state index contributed by atoms with van der Waals surface area (Å²) in [6.45, 7) is 9.20. The van der Waals surface area contributed by atoms with Crippen LogP contribution in [0.1, 0.15) is 42.3 Å². The first-order valence-electron chi connectivity index (χ1n) is 8.47. The number of primary amides is 1. The largest absolute Gasteiger partial charge is 0.368 e. The molecule has 26 heavy (non-hydrogen) atoms. The Balaban J connectivity index is 2.39. The molecule has 7 heteroatoms. The first-order valence-corrected chi connectivity index (χ1v) is 8.47. The predicted octanol–water partition coefficient (Wildman–Crippen LogP) is 2.96. The number of benzene rings is 1. The molecule has 1 atom stereocenters. The Morgan fingerprint density at radius 3 is 2.42 bits per heavy atom. The third kappa shape index (κ3) is 4.56. The van der Waals surface area contributed by atoms with Gasteiger partial charge in [-0.25, -0.2) is 4.98 Å². The summed E-state index contributed by atoms with van der Waals surface area (Å²) in [5, 5.41) is 6.14. The number of ketones is 1. The zero-order chi connectivity index (χ0) is 19.4. The number of carbonyl (C=O) groups is 2. The fourth-order valence-electron chi connectivity index (χ4n) is 2.59. The number of anilines is 3. The third-order valence-electron chi connectivity index (χ3n) is 4.06. The van der Waals surface area contributed by atoms with E-state index in [1.54, 1.807) is 0 Å². The van der Waals surface area contributed by atoms with Crippen LogP contribution in [-0.4, -0.2) is 27.7 Å². The number of amides is 1. The fraction of sp³-hybridized carbons (Fsp3) is 0.368. The van der Waals surface area contributed by atoms with Gasteiger partial charge in [-0.3, -0.25) is 9.59 Å². The van der Waals surface area contributed by atoms with Crippen molar-refractivity contribution in [2.75, 3.05) is 10.6 Å². The molecule has 1 amide bonds. The molecule has 0 aliphatic heterocycles. The van der Waals surface area contributed by atoms with Crippen LogP contribution >= 0.6 is 0 Å². The monoisotopic (exact) mass is 355 g/mol. The van der Waals surface area contributed by atoms with Crippen molar-refractivity contribution in [3.8, 4) is 0 Å². The number of aromatic nitrogens is 2. The Hall–Kier alpha value is -2.96. The molecule has 1 unspecified atom stereocenters. The van der Waals surface area contributed by atoms with Crippen molar-refractivity contribution in [1.29, 1.82) is 0 Å². The number of hydrogen-bond acceptors (Lipinski definition) is 6. The summed E-state index contributed by atoms with van der Waals surface area (Å²) in [5.41, 5.74) is 8.83. The molecule has 0 saturated heterocycles. The highest BCUT2D eigenvalue weighted by Gasteiger charge is 2.21. The summed E-state index contributed by atoms with van der Waals surface area (Å²) in [7, 11) is 0. The second-order valence-electron chi connectivity index (χ2n) is 6.72. The van der Waals surface area contributed by atoms with Crippen molar-refractivity contribution in [3.63, 3.8) is 0 Å². The standard InChI is InChI=1S/C19H25N5O2/c1-10(2)16(17(20)26)23-19-21-9-14(13(5)25)18(24-19)22-15-7-6-11(3)8-12(15)4/h6-10,16H,1-5H3,(H2,20,26)(H2,21,22,23,24). The molecule has 0 bridgehead atoms. The van der Waals surface area contributed by atoms with E-state index in [9.17, 15) is 9.59 Å². The molecule has 0 aliphatic carbocycles. The molecule has 0 saturated carbocycles. The minimum absolute atomic E-state index is 0.0284. The predicted molar refractivity (Wildman–Crippen MR) is 103 cm³/mol. The van der Waals surface area contributed by atoms with E-state index in [0.717, 1.165) is 16.8 Å². The van der Waals surface area contributed by atoms with Crippen LogP contribution < -0.4 is 16.4 Å². The van der Waals surface area contributed by atoms with Crippen LogP contribution in [0, 0.1) is 19.8 Å². The lowest BCUT2D eigenvalue weighted by Gasteiger charge is -2.20. The molecule has 1 heterocycles. The normalized spacial score (nSPS) is 11.9. The summed E-state index contributed by atoms with van der Waals surface area (Å²) < 4.78 is 0. The Bertz CT molecular complexity index is 833. The van der Waals surface area contributed by atoms with E-state index in [4.69, 9.17) is 5.73 Å². The minimum atomic E-state index is -0.605. The van der Waals surface area contributed by atoms with E-state index in [-0.39, 0.29) is 17.6 Å². The molecule has 0 fully saturated rings. The van der Waals surface area contributed by atoms with Crippen molar-refractivity contribution < 1.29 is 9.59 Å². The number of nitrogens with two attached hydrogens (primary N) is 1.